The minimum Gasteiger partial charge on any atom is -0.387 e. The molecule has 106 valence electrons. The number of hydrogen-bond donors (Lipinski definition) is 1. The van der Waals surface area contributed by atoms with Crippen molar-refractivity contribution < 1.29 is 4.79 Å². The number of rotatable bonds is 5. The number of thiophene rings is 1. The number of hydrogen-bond acceptors (Lipinski definition) is 3. The third-order valence-electron chi connectivity index (χ3n) is 3.27. The van der Waals surface area contributed by atoms with Crippen LogP contribution in [0.15, 0.2) is 35.7 Å². The molecule has 0 aliphatic heterocycles. The standard InChI is InChI=1S/C16H20N2OS/c1-4-18(11-13-6-5-9-20-13)16(19)14-10-12(2)7-8-15(14)17-3/h5-10,17H,4,11H2,1-3H3. The zero-order chi connectivity index (χ0) is 14.5. The zero-order valence-corrected chi connectivity index (χ0v) is 13.0. The molecule has 0 atom stereocenters. The van der Waals surface area contributed by atoms with Gasteiger partial charge in [0.25, 0.3) is 5.91 Å². The lowest BCUT2D eigenvalue weighted by Gasteiger charge is -2.22. The Labute approximate surface area is 124 Å². The van der Waals surface area contributed by atoms with E-state index in [1.807, 2.05) is 55.4 Å². The first-order chi connectivity index (χ1) is 9.65. The minimum absolute atomic E-state index is 0.0777. The maximum atomic E-state index is 12.7. The molecule has 0 spiro atoms. The van der Waals surface area contributed by atoms with Crippen LogP contribution < -0.4 is 5.32 Å². The van der Waals surface area contributed by atoms with Gasteiger partial charge in [-0.3, -0.25) is 4.79 Å². The van der Waals surface area contributed by atoms with E-state index >= 15 is 0 Å². The molecule has 0 aliphatic carbocycles. The maximum Gasteiger partial charge on any atom is 0.256 e. The fourth-order valence-corrected chi connectivity index (χ4v) is 2.86. The second-order valence-electron chi connectivity index (χ2n) is 4.70. The molecule has 0 unspecified atom stereocenters. The normalized spacial score (nSPS) is 10.3. The Bertz CT molecular complexity index is 578. The van der Waals surface area contributed by atoms with Crippen molar-refractivity contribution in [2.75, 3.05) is 18.9 Å². The Hall–Kier alpha value is -1.81. The highest BCUT2D eigenvalue weighted by Gasteiger charge is 2.18. The van der Waals surface area contributed by atoms with Crippen LogP contribution in [-0.2, 0) is 6.54 Å². The predicted octanol–water partition coefficient (Wildman–Crippen LogP) is 3.76. The Balaban J connectivity index is 2.26. The van der Waals surface area contributed by atoms with Gasteiger partial charge in [0.15, 0.2) is 0 Å². The number of amides is 1. The molecule has 20 heavy (non-hydrogen) atoms. The summed E-state index contributed by atoms with van der Waals surface area (Å²) in [6.07, 6.45) is 0. The van der Waals surface area contributed by atoms with Crippen molar-refractivity contribution >= 4 is 22.9 Å². The number of nitrogens with zero attached hydrogens (tertiary/aromatic N) is 1. The van der Waals surface area contributed by atoms with Crippen LogP contribution in [0, 0.1) is 6.92 Å². The Morgan fingerprint density at radius 3 is 2.75 bits per heavy atom. The van der Waals surface area contributed by atoms with Gasteiger partial charge >= 0.3 is 0 Å². The van der Waals surface area contributed by atoms with Crippen LogP contribution in [0.4, 0.5) is 5.69 Å². The lowest BCUT2D eigenvalue weighted by molar-refractivity contribution is 0.0755. The van der Waals surface area contributed by atoms with Gasteiger partial charge in [0.2, 0.25) is 0 Å². The van der Waals surface area contributed by atoms with Crippen LogP contribution in [0.5, 0.6) is 0 Å². The van der Waals surface area contributed by atoms with Gasteiger partial charge in [-0.1, -0.05) is 17.7 Å². The van der Waals surface area contributed by atoms with Gasteiger partial charge < -0.3 is 10.2 Å². The molecule has 1 aromatic heterocycles. The number of aryl methyl sites for hydroxylation is 1. The largest absolute Gasteiger partial charge is 0.387 e. The van der Waals surface area contributed by atoms with Crippen molar-refractivity contribution in [1.82, 2.24) is 4.90 Å². The van der Waals surface area contributed by atoms with Crippen molar-refractivity contribution in [3.63, 3.8) is 0 Å². The van der Waals surface area contributed by atoms with E-state index in [1.54, 1.807) is 11.3 Å². The van der Waals surface area contributed by atoms with E-state index in [9.17, 15) is 4.79 Å². The summed E-state index contributed by atoms with van der Waals surface area (Å²) >= 11 is 1.68. The number of nitrogens with one attached hydrogen (secondary N) is 1. The molecule has 1 heterocycles. The van der Waals surface area contributed by atoms with Crippen molar-refractivity contribution in [2.24, 2.45) is 0 Å². The van der Waals surface area contributed by atoms with Crippen LogP contribution in [0.2, 0.25) is 0 Å². The molecular weight excluding hydrogens is 268 g/mol. The lowest BCUT2D eigenvalue weighted by atomic mass is 10.1. The molecule has 0 saturated carbocycles. The molecule has 3 nitrogen and oxygen atoms in total. The molecule has 4 heteroatoms. The summed E-state index contributed by atoms with van der Waals surface area (Å²) in [5, 5.41) is 5.14. The van der Waals surface area contributed by atoms with E-state index in [4.69, 9.17) is 0 Å². The van der Waals surface area contributed by atoms with Crippen molar-refractivity contribution in [3.05, 3.63) is 51.7 Å². The van der Waals surface area contributed by atoms with Gasteiger partial charge in [-0.15, -0.1) is 11.3 Å². The van der Waals surface area contributed by atoms with E-state index in [2.05, 4.69) is 11.4 Å². The van der Waals surface area contributed by atoms with Gasteiger partial charge in [-0.05, 0) is 37.4 Å². The first-order valence-corrected chi connectivity index (χ1v) is 7.63. The second kappa shape index (κ2) is 6.57. The summed E-state index contributed by atoms with van der Waals surface area (Å²) in [7, 11) is 1.84. The van der Waals surface area contributed by atoms with Crippen LogP contribution >= 0.6 is 11.3 Å². The molecule has 0 aliphatic rings. The van der Waals surface area contributed by atoms with E-state index in [-0.39, 0.29) is 5.91 Å². The monoisotopic (exact) mass is 288 g/mol. The first kappa shape index (κ1) is 14.6. The van der Waals surface area contributed by atoms with Crippen LogP contribution in [-0.4, -0.2) is 24.4 Å². The highest BCUT2D eigenvalue weighted by Crippen LogP contribution is 2.21. The van der Waals surface area contributed by atoms with Gasteiger partial charge in [0.1, 0.15) is 0 Å². The third kappa shape index (κ3) is 3.20. The summed E-state index contributed by atoms with van der Waals surface area (Å²) in [6, 6.07) is 10.0. The molecule has 1 amide bonds. The minimum atomic E-state index is 0.0777. The number of carbonyl (C=O) groups is 1. The van der Waals surface area contributed by atoms with E-state index in [0.717, 1.165) is 16.8 Å². The molecule has 1 N–H and O–H groups in total. The van der Waals surface area contributed by atoms with E-state index < -0.39 is 0 Å². The van der Waals surface area contributed by atoms with Crippen LogP contribution in [0.25, 0.3) is 0 Å². The number of carbonyl (C=O) groups excluding carboxylic acids is 1. The maximum absolute atomic E-state index is 12.7. The second-order valence-corrected chi connectivity index (χ2v) is 5.73. The Morgan fingerprint density at radius 2 is 2.15 bits per heavy atom. The number of anilines is 1. The van der Waals surface area contributed by atoms with Crippen molar-refractivity contribution in [1.29, 1.82) is 0 Å². The third-order valence-corrected chi connectivity index (χ3v) is 4.13. The molecule has 0 bridgehead atoms. The van der Waals surface area contributed by atoms with Gasteiger partial charge in [0, 0.05) is 24.2 Å². The van der Waals surface area contributed by atoms with Crippen LogP contribution in [0.3, 0.4) is 0 Å². The molecular formula is C16H20N2OS. The average molecular weight is 288 g/mol. The smallest absolute Gasteiger partial charge is 0.256 e. The van der Waals surface area contributed by atoms with Gasteiger partial charge in [-0.25, -0.2) is 0 Å². The SMILES string of the molecule is CCN(Cc1cccs1)C(=O)c1cc(C)ccc1NC. The summed E-state index contributed by atoms with van der Waals surface area (Å²) < 4.78 is 0. The summed E-state index contributed by atoms with van der Waals surface area (Å²) in [6.45, 7) is 5.39. The topological polar surface area (TPSA) is 32.3 Å². The summed E-state index contributed by atoms with van der Waals surface area (Å²) in [4.78, 5) is 15.8. The van der Waals surface area contributed by atoms with Crippen LogP contribution in [0.1, 0.15) is 27.7 Å². The van der Waals surface area contributed by atoms with Crippen molar-refractivity contribution in [2.45, 2.75) is 20.4 Å². The first-order valence-electron chi connectivity index (χ1n) is 6.75. The fourth-order valence-electron chi connectivity index (χ4n) is 2.14. The molecule has 0 saturated heterocycles. The van der Waals surface area contributed by atoms with E-state index in [1.165, 1.54) is 4.88 Å². The molecule has 0 radical (unpaired) electrons. The summed E-state index contributed by atoms with van der Waals surface area (Å²) in [5.41, 5.74) is 2.72. The predicted molar refractivity (Wildman–Crippen MR) is 85.5 cm³/mol. The zero-order valence-electron chi connectivity index (χ0n) is 12.1. The van der Waals surface area contributed by atoms with Gasteiger partial charge in [0.05, 0.1) is 12.1 Å². The fraction of sp³-hybridized carbons (Fsp3) is 0.312. The quantitative estimate of drug-likeness (QED) is 0.908. The average Bonchev–Trinajstić information content (AvgIpc) is 2.97. The van der Waals surface area contributed by atoms with E-state index in [0.29, 0.717) is 13.1 Å². The Kier molecular flexibility index (Phi) is 4.79. The number of benzene rings is 1. The highest BCUT2D eigenvalue weighted by atomic mass is 32.1. The lowest BCUT2D eigenvalue weighted by Crippen LogP contribution is -2.30. The Morgan fingerprint density at radius 1 is 1.35 bits per heavy atom. The van der Waals surface area contributed by atoms with Gasteiger partial charge in [-0.2, -0.15) is 0 Å². The highest BCUT2D eigenvalue weighted by molar-refractivity contribution is 7.09. The van der Waals surface area contributed by atoms with Crippen molar-refractivity contribution in [3.8, 4) is 0 Å². The molecule has 2 rings (SSSR count). The molecule has 1 aromatic carbocycles. The molecule has 2 aromatic rings. The molecule has 0 fully saturated rings. The summed E-state index contributed by atoms with van der Waals surface area (Å²) in [5.74, 6) is 0.0777.